The summed E-state index contributed by atoms with van der Waals surface area (Å²) in [6.07, 6.45) is 9.09. The number of aliphatic hydroxyl groups is 2. The molecule has 0 radical (unpaired) electrons. The summed E-state index contributed by atoms with van der Waals surface area (Å²) in [6.45, 7) is 9.87. The summed E-state index contributed by atoms with van der Waals surface area (Å²) < 4.78 is 5.22. The van der Waals surface area contributed by atoms with Crippen molar-refractivity contribution in [2.24, 2.45) is 17.8 Å². The first-order chi connectivity index (χ1) is 12.3. The Labute approximate surface area is 158 Å². The van der Waals surface area contributed by atoms with Crippen LogP contribution in [0.1, 0.15) is 60.3 Å². The predicted octanol–water partition coefficient (Wildman–Crippen LogP) is 4.18. The molecule has 2 N–H and O–H groups in total. The summed E-state index contributed by atoms with van der Waals surface area (Å²) in [4.78, 5) is 11.3. The van der Waals surface area contributed by atoms with Crippen LogP contribution >= 0.6 is 0 Å². The van der Waals surface area contributed by atoms with Gasteiger partial charge in [-0.1, -0.05) is 36.3 Å². The molecule has 0 aliphatic heterocycles. The van der Waals surface area contributed by atoms with Gasteiger partial charge < -0.3 is 14.9 Å². The molecule has 0 saturated carbocycles. The second kappa shape index (κ2) is 11.3. The van der Waals surface area contributed by atoms with E-state index in [0.29, 0.717) is 6.42 Å². The van der Waals surface area contributed by atoms with Crippen molar-refractivity contribution in [1.29, 1.82) is 0 Å². The number of esters is 1. The van der Waals surface area contributed by atoms with Crippen LogP contribution in [0.2, 0.25) is 0 Å². The molecule has 0 saturated heterocycles. The number of rotatable bonds is 7. The molecule has 148 valence electrons. The van der Waals surface area contributed by atoms with Crippen molar-refractivity contribution < 1.29 is 19.7 Å². The molecule has 0 bridgehead atoms. The van der Waals surface area contributed by atoms with E-state index in [-0.39, 0.29) is 36.9 Å². The molecule has 0 aromatic rings. The third kappa shape index (κ3) is 7.46. The molecule has 4 atom stereocenters. The minimum absolute atomic E-state index is 0.0547. The van der Waals surface area contributed by atoms with E-state index in [9.17, 15) is 15.0 Å². The number of allylic oxidation sites excluding steroid dienone is 4. The van der Waals surface area contributed by atoms with E-state index in [1.165, 1.54) is 12.5 Å². The average Bonchev–Trinajstić information content (AvgIpc) is 2.59. The van der Waals surface area contributed by atoms with Crippen molar-refractivity contribution in [3.63, 3.8) is 0 Å². The second-order valence-electron chi connectivity index (χ2n) is 7.82. The van der Waals surface area contributed by atoms with Crippen LogP contribution in [-0.2, 0) is 9.53 Å². The van der Waals surface area contributed by atoms with Gasteiger partial charge in [0.1, 0.15) is 6.61 Å². The smallest absolute Gasteiger partial charge is 0.302 e. The Balaban J connectivity index is 3.10. The highest BCUT2D eigenvalue weighted by molar-refractivity contribution is 5.66. The summed E-state index contributed by atoms with van der Waals surface area (Å²) in [5.74, 6) is -0.369. The Morgan fingerprint density at radius 1 is 1.35 bits per heavy atom. The molecule has 1 rings (SSSR count). The summed E-state index contributed by atoms with van der Waals surface area (Å²) in [5, 5.41) is 21.1. The van der Waals surface area contributed by atoms with Crippen LogP contribution < -0.4 is 0 Å². The van der Waals surface area contributed by atoms with Crippen molar-refractivity contribution in [3.8, 4) is 0 Å². The monoisotopic (exact) mass is 364 g/mol. The van der Waals surface area contributed by atoms with Gasteiger partial charge in [-0.05, 0) is 63.9 Å². The first-order valence-corrected chi connectivity index (χ1v) is 9.66. The largest absolute Gasteiger partial charge is 0.461 e. The fourth-order valence-electron chi connectivity index (χ4n) is 3.82. The van der Waals surface area contributed by atoms with Crippen LogP contribution in [0.5, 0.6) is 0 Å². The highest BCUT2D eigenvalue weighted by Gasteiger charge is 2.35. The number of hydrogen-bond donors (Lipinski definition) is 2. The normalized spacial score (nSPS) is 29.1. The lowest BCUT2D eigenvalue weighted by atomic mass is 9.73. The van der Waals surface area contributed by atoms with Crippen LogP contribution in [-0.4, -0.2) is 35.5 Å². The van der Waals surface area contributed by atoms with Crippen LogP contribution in [0.3, 0.4) is 0 Å². The first kappa shape index (κ1) is 22.7. The Bertz CT molecular complexity index is 540. The first-order valence-electron chi connectivity index (χ1n) is 9.66. The summed E-state index contributed by atoms with van der Waals surface area (Å²) in [5.41, 5.74) is 3.35. The lowest BCUT2D eigenvalue weighted by Gasteiger charge is -2.36. The Morgan fingerprint density at radius 2 is 2.04 bits per heavy atom. The van der Waals surface area contributed by atoms with E-state index in [4.69, 9.17) is 4.74 Å². The zero-order valence-electron chi connectivity index (χ0n) is 17.0. The van der Waals surface area contributed by atoms with Gasteiger partial charge in [0, 0.05) is 12.8 Å². The molecule has 4 heteroatoms. The molecule has 0 heterocycles. The van der Waals surface area contributed by atoms with Crippen molar-refractivity contribution in [3.05, 3.63) is 34.9 Å². The minimum atomic E-state index is -0.524. The molecular weight excluding hydrogens is 328 g/mol. The van der Waals surface area contributed by atoms with Gasteiger partial charge in [0.05, 0.1) is 12.7 Å². The van der Waals surface area contributed by atoms with Crippen LogP contribution in [0.4, 0.5) is 0 Å². The van der Waals surface area contributed by atoms with E-state index in [1.54, 1.807) is 0 Å². The highest BCUT2D eigenvalue weighted by Crippen LogP contribution is 2.36. The summed E-state index contributed by atoms with van der Waals surface area (Å²) in [6, 6.07) is 0. The van der Waals surface area contributed by atoms with Gasteiger partial charge in [-0.25, -0.2) is 0 Å². The van der Waals surface area contributed by atoms with E-state index in [2.05, 4.69) is 32.9 Å². The number of hydrogen-bond acceptors (Lipinski definition) is 4. The van der Waals surface area contributed by atoms with E-state index in [0.717, 1.165) is 30.4 Å². The SMILES string of the molecule is CC(=O)OC/C1=C/C/C=C(\C)C[C@@H](O)[C@H]([C@H](C)CCC=C(C)C)[C@@H]1CO. The number of aliphatic hydroxyl groups excluding tert-OH is 2. The maximum absolute atomic E-state index is 11.3. The molecule has 0 amide bonds. The topological polar surface area (TPSA) is 66.8 Å². The van der Waals surface area contributed by atoms with Gasteiger partial charge in [0.25, 0.3) is 0 Å². The third-order valence-corrected chi connectivity index (χ3v) is 5.23. The van der Waals surface area contributed by atoms with Crippen molar-refractivity contribution in [2.45, 2.75) is 66.4 Å². The molecule has 0 unspecified atom stereocenters. The quantitative estimate of drug-likeness (QED) is 0.525. The molecule has 1 aliphatic rings. The zero-order valence-corrected chi connectivity index (χ0v) is 17.0. The van der Waals surface area contributed by atoms with E-state index >= 15 is 0 Å². The molecular formula is C22H36O4. The number of ether oxygens (including phenoxy) is 1. The Kier molecular flexibility index (Phi) is 9.89. The third-order valence-electron chi connectivity index (χ3n) is 5.23. The Hall–Kier alpha value is -1.39. The van der Waals surface area contributed by atoms with E-state index in [1.807, 2.05) is 13.0 Å². The van der Waals surface area contributed by atoms with Gasteiger partial charge in [-0.15, -0.1) is 0 Å². The van der Waals surface area contributed by atoms with Crippen LogP contribution in [0.25, 0.3) is 0 Å². The van der Waals surface area contributed by atoms with Crippen LogP contribution in [0.15, 0.2) is 34.9 Å². The van der Waals surface area contributed by atoms with Gasteiger partial charge in [-0.3, -0.25) is 4.79 Å². The predicted molar refractivity (Wildman–Crippen MR) is 106 cm³/mol. The second-order valence-corrected chi connectivity index (χ2v) is 7.82. The molecule has 4 nitrogen and oxygen atoms in total. The molecule has 26 heavy (non-hydrogen) atoms. The lowest BCUT2D eigenvalue weighted by molar-refractivity contribution is -0.140. The molecule has 0 fully saturated rings. The molecule has 0 aromatic heterocycles. The van der Waals surface area contributed by atoms with Crippen molar-refractivity contribution in [2.75, 3.05) is 13.2 Å². The fourth-order valence-corrected chi connectivity index (χ4v) is 3.82. The lowest BCUT2D eigenvalue weighted by Crippen LogP contribution is -2.37. The standard InChI is InChI=1S/C22H36O4/c1-15(2)8-6-10-17(4)22-20(13-23)19(14-26-18(5)24)11-7-9-16(3)12-21(22)25/h8-9,11,17,20-23,25H,6-7,10,12-14H2,1-5H3/b16-9+,19-11-/t17-,20-,21-,22-/m1/s1. The summed E-state index contributed by atoms with van der Waals surface area (Å²) >= 11 is 0. The van der Waals surface area contributed by atoms with Gasteiger partial charge in [0.2, 0.25) is 0 Å². The Morgan fingerprint density at radius 3 is 2.62 bits per heavy atom. The number of carbonyl (C=O) groups excluding carboxylic acids is 1. The summed E-state index contributed by atoms with van der Waals surface area (Å²) in [7, 11) is 0. The van der Waals surface area contributed by atoms with Gasteiger partial charge in [0.15, 0.2) is 0 Å². The molecule has 0 aromatic carbocycles. The minimum Gasteiger partial charge on any atom is -0.461 e. The van der Waals surface area contributed by atoms with Crippen molar-refractivity contribution in [1.82, 2.24) is 0 Å². The molecule has 1 aliphatic carbocycles. The number of carbonyl (C=O) groups is 1. The maximum atomic E-state index is 11.3. The van der Waals surface area contributed by atoms with Gasteiger partial charge in [-0.2, -0.15) is 0 Å². The zero-order chi connectivity index (χ0) is 19.7. The maximum Gasteiger partial charge on any atom is 0.302 e. The highest BCUT2D eigenvalue weighted by atomic mass is 16.5. The average molecular weight is 365 g/mol. The van der Waals surface area contributed by atoms with Crippen LogP contribution in [0, 0.1) is 17.8 Å². The van der Waals surface area contributed by atoms with Crippen molar-refractivity contribution >= 4 is 5.97 Å². The molecule has 0 spiro atoms. The van der Waals surface area contributed by atoms with Gasteiger partial charge >= 0.3 is 5.97 Å². The van der Waals surface area contributed by atoms with E-state index < -0.39 is 6.10 Å². The fraction of sp³-hybridized carbons (Fsp3) is 0.682.